The molecule has 1 saturated heterocycles. The summed E-state index contributed by atoms with van der Waals surface area (Å²) >= 11 is 0. The van der Waals surface area contributed by atoms with E-state index in [-0.39, 0.29) is 32.0 Å². The summed E-state index contributed by atoms with van der Waals surface area (Å²) in [6.07, 6.45) is 42.5. The van der Waals surface area contributed by atoms with Crippen LogP contribution in [-0.4, -0.2) is 89.0 Å². The van der Waals surface area contributed by atoms with Crippen LogP contribution in [0, 0.1) is 0 Å². The molecule has 6 unspecified atom stereocenters. The number of rotatable bonds is 41. The molecule has 1 rings (SSSR count). The van der Waals surface area contributed by atoms with Gasteiger partial charge < -0.3 is 39.4 Å². The number of aliphatic hydroxyl groups excluding tert-OH is 4. The summed E-state index contributed by atoms with van der Waals surface area (Å²) in [4.78, 5) is 25.4. The molecule has 10 nitrogen and oxygen atoms in total. The topological polar surface area (TPSA) is 152 Å². The van der Waals surface area contributed by atoms with Gasteiger partial charge in [-0.15, -0.1) is 0 Å². The van der Waals surface area contributed by atoms with Gasteiger partial charge in [0.25, 0.3) is 0 Å². The predicted octanol–water partition coefficient (Wildman–Crippen LogP) is 11.2. The molecule has 0 amide bonds. The SMILES string of the molecule is CCCCC/C=C\C/C=C\C/C=C\CCCCCCCCC(=O)OC(COC(=O)CCCCCCCCC/C=C\CCCCCCCC)COC1OC(CO)C(O)C(O)C1O. The standard InChI is InChI=1S/C51H90O10/c1-3-5-7-9-11-13-15-17-19-21-22-24-26-28-30-32-34-36-38-40-47(54)60-44(43-59-51-50(57)49(56)48(55)45(41-52)61-51)42-58-46(53)39-37-35-33-31-29-27-25-23-20-18-16-14-12-10-8-6-4-2/h11,13,17-20,22,24,44-45,48-52,55-57H,3-10,12,14-16,21,23,25-43H2,1-2H3/b13-11-,19-17-,20-18-,24-22-. The van der Waals surface area contributed by atoms with Gasteiger partial charge in [0, 0.05) is 12.8 Å². The monoisotopic (exact) mass is 863 g/mol. The first-order valence-corrected chi connectivity index (χ1v) is 24.7. The average Bonchev–Trinajstić information content (AvgIpc) is 3.26. The fourth-order valence-corrected chi connectivity index (χ4v) is 7.25. The zero-order valence-electron chi connectivity index (χ0n) is 38.7. The molecule has 1 aliphatic heterocycles. The number of allylic oxidation sites excluding steroid dienone is 8. The van der Waals surface area contributed by atoms with E-state index in [0.29, 0.717) is 6.42 Å². The van der Waals surface area contributed by atoms with E-state index < -0.39 is 49.4 Å². The van der Waals surface area contributed by atoms with E-state index in [9.17, 15) is 30.0 Å². The zero-order chi connectivity index (χ0) is 44.4. The molecule has 0 saturated carbocycles. The molecule has 0 aliphatic carbocycles. The lowest BCUT2D eigenvalue weighted by molar-refractivity contribution is -0.305. The number of hydrogen-bond donors (Lipinski definition) is 4. The average molecular weight is 863 g/mol. The molecular weight excluding hydrogens is 773 g/mol. The maximum absolute atomic E-state index is 12.8. The Morgan fingerprint density at radius 1 is 0.508 bits per heavy atom. The number of unbranched alkanes of at least 4 members (excludes halogenated alkanes) is 22. The summed E-state index contributed by atoms with van der Waals surface area (Å²) in [6, 6.07) is 0. The molecule has 61 heavy (non-hydrogen) atoms. The van der Waals surface area contributed by atoms with E-state index in [2.05, 4.69) is 62.5 Å². The quantitative estimate of drug-likeness (QED) is 0.0265. The lowest BCUT2D eigenvalue weighted by Crippen LogP contribution is -2.59. The fourth-order valence-electron chi connectivity index (χ4n) is 7.25. The second-order valence-electron chi connectivity index (χ2n) is 16.9. The van der Waals surface area contributed by atoms with Gasteiger partial charge in [-0.05, 0) is 77.0 Å². The first-order chi connectivity index (χ1) is 29.8. The summed E-state index contributed by atoms with van der Waals surface area (Å²) in [5.41, 5.74) is 0. The van der Waals surface area contributed by atoms with Crippen LogP contribution >= 0.6 is 0 Å². The third-order valence-electron chi connectivity index (χ3n) is 11.2. The van der Waals surface area contributed by atoms with E-state index in [1.807, 2.05) is 0 Å². The second kappa shape index (κ2) is 41.7. The molecule has 0 radical (unpaired) electrons. The Hall–Kier alpha value is -2.34. The zero-order valence-corrected chi connectivity index (χ0v) is 38.7. The first-order valence-electron chi connectivity index (χ1n) is 24.7. The molecule has 0 spiro atoms. The van der Waals surface area contributed by atoms with Gasteiger partial charge in [-0.3, -0.25) is 9.59 Å². The normalized spacial score (nSPS) is 20.1. The predicted molar refractivity (Wildman–Crippen MR) is 247 cm³/mol. The highest BCUT2D eigenvalue weighted by atomic mass is 16.7. The minimum atomic E-state index is -1.60. The molecule has 1 heterocycles. The van der Waals surface area contributed by atoms with Crippen LogP contribution in [0.15, 0.2) is 48.6 Å². The van der Waals surface area contributed by atoms with Crippen molar-refractivity contribution in [3.8, 4) is 0 Å². The maximum atomic E-state index is 12.8. The Kier molecular flexibility index (Phi) is 38.7. The summed E-state index contributed by atoms with van der Waals surface area (Å²) < 4.78 is 22.2. The van der Waals surface area contributed by atoms with Gasteiger partial charge in [-0.25, -0.2) is 0 Å². The minimum Gasteiger partial charge on any atom is -0.462 e. The summed E-state index contributed by atoms with van der Waals surface area (Å²) in [6.45, 7) is 3.39. The summed E-state index contributed by atoms with van der Waals surface area (Å²) in [5, 5.41) is 40.2. The second-order valence-corrected chi connectivity index (χ2v) is 16.9. The third-order valence-corrected chi connectivity index (χ3v) is 11.2. The molecule has 1 fully saturated rings. The molecule has 354 valence electrons. The van der Waals surface area contributed by atoms with Crippen LogP contribution in [0.1, 0.15) is 206 Å². The van der Waals surface area contributed by atoms with Crippen molar-refractivity contribution in [3.05, 3.63) is 48.6 Å². The molecule has 0 aromatic rings. The Balaban J connectivity index is 2.30. The number of esters is 2. The molecular formula is C51H90O10. The summed E-state index contributed by atoms with van der Waals surface area (Å²) in [7, 11) is 0. The Morgan fingerprint density at radius 2 is 0.918 bits per heavy atom. The highest BCUT2D eigenvalue weighted by Gasteiger charge is 2.44. The van der Waals surface area contributed by atoms with E-state index >= 15 is 0 Å². The van der Waals surface area contributed by atoms with Crippen molar-refractivity contribution in [1.29, 1.82) is 0 Å². The Labute approximate surface area is 371 Å². The maximum Gasteiger partial charge on any atom is 0.306 e. The van der Waals surface area contributed by atoms with Gasteiger partial charge in [-0.1, -0.05) is 165 Å². The number of ether oxygens (including phenoxy) is 4. The van der Waals surface area contributed by atoms with Gasteiger partial charge >= 0.3 is 11.9 Å². The smallest absolute Gasteiger partial charge is 0.306 e. The van der Waals surface area contributed by atoms with Crippen LogP contribution in [0.5, 0.6) is 0 Å². The largest absolute Gasteiger partial charge is 0.462 e. The van der Waals surface area contributed by atoms with Gasteiger partial charge in [0.1, 0.15) is 31.0 Å². The lowest BCUT2D eigenvalue weighted by Gasteiger charge is -2.39. The van der Waals surface area contributed by atoms with Crippen LogP contribution in [0.2, 0.25) is 0 Å². The van der Waals surface area contributed by atoms with Crippen molar-refractivity contribution in [3.63, 3.8) is 0 Å². The lowest BCUT2D eigenvalue weighted by atomic mass is 9.99. The summed E-state index contributed by atoms with van der Waals surface area (Å²) in [5.74, 6) is -0.824. The van der Waals surface area contributed by atoms with Gasteiger partial charge in [0.15, 0.2) is 12.4 Å². The van der Waals surface area contributed by atoms with Gasteiger partial charge in [0.05, 0.1) is 13.2 Å². The number of hydrogen-bond acceptors (Lipinski definition) is 10. The van der Waals surface area contributed by atoms with E-state index in [0.717, 1.165) is 83.5 Å². The van der Waals surface area contributed by atoms with Gasteiger partial charge in [0.2, 0.25) is 0 Å². The van der Waals surface area contributed by atoms with Gasteiger partial charge in [-0.2, -0.15) is 0 Å². The highest BCUT2D eigenvalue weighted by molar-refractivity contribution is 5.70. The van der Waals surface area contributed by atoms with Crippen LogP contribution in [0.3, 0.4) is 0 Å². The van der Waals surface area contributed by atoms with Crippen molar-refractivity contribution in [2.75, 3.05) is 19.8 Å². The van der Waals surface area contributed by atoms with Crippen molar-refractivity contribution >= 4 is 11.9 Å². The number of carbonyl (C=O) groups excluding carboxylic acids is 2. The van der Waals surface area contributed by atoms with Crippen LogP contribution in [0.25, 0.3) is 0 Å². The van der Waals surface area contributed by atoms with E-state index in [1.54, 1.807) is 0 Å². The van der Waals surface area contributed by atoms with Crippen LogP contribution < -0.4 is 0 Å². The molecule has 0 bridgehead atoms. The molecule has 10 heteroatoms. The number of aliphatic hydroxyl groups is 4. The molecule has 6 atom stereocenters. The van der Waals surface area contributed by atoms with Crippen molar-refractivity contribution in [2.45, 2.75) is 243 Å². The van der Waals surface area contributed by atoms with Crippen molar-refractivity contribution in [2.24, 2.45) is 0 Å². The highest BCUT2D eigenvalue weighted by Crippen LogP contribution is 2.23. The van der Waals surface area contributed by atoms with E-state index in [1.165, 1.54) is 89.9 Å². The van der Waals surface area contributed by atoms with Crippen molar-refractivity contribution in [1.82, 2.24) is 0 Å². The van der Waals surface area contributed by atoms with Crippen molar-refractivity contribution < 1.29 is 49.0 Å². The van der Waals surface area contributed by atoms with Crippen LogP contribution in [0.4, 0.5) is 0 Å². The van der Waals surface area contributed by atoms with E-state index in [4.69, 9.17) is 18.9 Å². The molecule has 0 aromatic carbocycles. The molecule has 4 N–H and O–H groups in total. The number of carbonyl (C=O) groups is 2. The molecule has 0 aromatic heterocycles. The first kappa shape index (κ1) is 56.7. The minimum absolute atomic E-state index is 0.214. The Bertz CT molecular complexity index is 1130. The van der Waals surface area contributed by atoms with Crippen LogP contribution in [-0.2, 0) is 28.5 Å². The molecule has 1 aliphatic rings. The Morgan fingerprint density at radius 3 is 1.43 bits per heavy atom. The fraction of sp³-hybridized carbons (Fsp3) is 0.804. The third kappa shape index (κ3) is 32.9.